The molecule has 0 unspecified atom stereocenters. The van der Waals surface area contributed by atoms with Crippen LogP contribution in [-0.4, -0.2) is 19.5 Å². The number of methoxy groups -OCH3 is 1. The molecule has 0 spiro atoms. The van der Waals surface area contributed by atoms with E-state index >= 15 is 0 Å². The molecule has 0 saturated carbocycles. The van der Waals surface area contributed by atoms with Gasteiger partial charge in [-0.15, -0.1) is 0 Å². The van der Waals surface area contributed by atoms with Gasteiger partial charge in [0.25, 0.3) is 0 Å². The van der Waals surface area contributed by atoms with Crippen molar-refractivity contribution in [3.8, 4) is 0 Å². The Morgan fingerprint density at radius 3 is 2.62 bits per heavy atom. The molecule has 0 bridgehead atoms. The van der Waals surface area contributed by atoms with E-state index in [1.165, 1.54) is 26.2 Å². The third-order valence-corrected chi connectivity index (χ3v) is 2.33. The van der Waals surface area contributed by atoms with Crippen molar-refractivity contribution in [3.63, 3.8) is 0 Å². The molecular formula is C12H14F2O2. The summed E-state index contributed by atoms with van der Waals surface area (Å²) in [7, 11) is 1.52. The van der Waals surface area contributed by atoms with Crippen molar-refractivity contribution < 1.29 is 18.3 Å². The molecule has 0 fully saturated rings. The first-order valence-electron chi connectivity index (χ1n) is 5.04. The van der Waals surface area contributed by atoms with Crippen molar-refractivity contribution in [2.75, 3.05) is 13.7 Å². The van der Waals surface area contributed by atoms with E-state index in [0.29, 0.717) is 13.0 Å². The Morgan fingerprint density at radius 2 is 2.00 bits per heavy atom. The van der Waals surface area contributed by atoms with E-state index in [-0.39, 0.29) is 17.5 Å². The van der Waals surface area contributed by atoms with Gasteiger partial charge in [-0.2, -0.15) is 0 Å². The number of aryl methyl sites for hydroxylation is 1. The largest absolute Gasteiger partial charge is 0.385 e. The van der Waals surface area contributed by atoms with Gasteiger partial charge in [-0.25, -0.2) is 8.78 Å². The quantitative estimate of drug-likeness (QED) is 0.572. The normalized spacial score (nSPS) is 10.5. The van der Waals surface area contributed by atoms with Crippen molar-refractivity contribution in [1.82, 2.24) is 0 Å². The Kier molecular flexibility index (Phi) is 4.55. The van der Waals surface area contributed by atoms with Crippen molar-refractivity contribution in [3.05, 3.63) is 34.9 Å². The van der Waals surface area contributed by atoms with E-state index in [9.17, 15) is 13.6 Å². The standard InChI is InChI=1S/C12H14F2O2/c1-8-5-6-9(12(14)11(8)13)10(15)4-3-7-16-2/h5-6H,3-4,7H2,1-2H3. The highest BCUT2D eigenvalue weighted by Crippen LogP contribution is 2.17. The second-order valence-corrected chi connectivity index (χ2v) is 3.58. The molecule has 0 aliphatic heterocycles. The summed E-state index contributed by atoms with van der Waals surface area (Å²) < 4.78 is 31.4. The highest BCUT2D eigenvalue weighted by molar-refractivity contribution is 5.96. The maximum atomic E-state index is 13.4. The number of ether oxygens (including phenoxy) is 1. The first-order valence-corrected chi connectivity index (χ1v) is 5.04. The van der Waals surface area contributed by atoms with Crippen molar-refractivity contribution >= 4 is 5.78 Å². The molecule has 0 amide bonds. The Morgan fingerprint density at radius 1 is 1.31 bits per heavy atom. The summed E-state index contributed by atoms with van der Waals surface area (Å²) >= 11 is 0. The predicted octanol–water partition coefficient (Wildman–Crippen LogP) is 2.88. The molecule has 0 aromatic heterocycles. The Balaban J connectivity index is 2.80. The molecular weight excluding hydrogens is 214 g/mol. The number of carbonyl (C=O) groups excluding carboxylic acids is 1. The van der Waals surface area contributed by atoms with Gasteiger partial charge in [0.1, 0.15) is 0 Å². The summed E-state index contributed by atoms with van der Waals surface area (Å²) in [6.07, 6.45) is 0.664. The fourth-order valence-electron chi connectivity index (χ4n) is 1.37. The Labute approximate surface area is 93.2 Å². The minimum Gasteiger partial charge on any atom is -0.385 e. The molecule has 1 aromatic rings. The Hall–Kier alpha value is -1.29. The predicted molar refractivity (Wildman–Crippen MR) is 56.5 cm³/mol. The lowest BCUT2D eigenvalue weighted by Gasteiger charge is -2.05. The third kappa shape index (κ3) is 2.85. The van der Waals surface area contributed by atoms with Crippen LogP contribution >= 0.6 is 0 Å². The molecule has 16 heavy (non-hydrogen) atoms. The molecule has 0 aliphatic carbocycles. The number of hydrogen-bond donors (Lipinski definition) is 0. The lowest BCUT2D eigenvalue weighted by atomic mass is 10.0. The van der Waals surface area contributed by atoms with E-state index in [1.54, 1.807) is 0 Å². The van der Waals surface area contributed by atoms with E-state index in [0.717, 1.165) is 0 Å². The first kappa shape index (κ1) is 12.8. The van der Waals surface area contributed by atoms with Crippen molar-refractivity contribution in [1.29, 1.82) is 0 Å². The van der Waals surface area contributed by atoms with Crippen molar-refractivity contribution in [2.45, 2.75) is 19.8 Å². The number of Topliss-reactive ketones (excluding diaryl/α,β-unsaturated/α-hetero) is 1. The van der Waals surface area contributed by atoms with Crippen LogP contribution in [0.5, 0.6) is 0 Å². The molecule has 0 aliphatic rings. The van der Waals surface area contributed by atoms with Crippen LogP contribution in [0.4, 0.5) is 8.78 Å². The second-order valence-electron chi connectivity index (χ2n) is 3.58. The smallest absolute Gasteiger partial charge is 0.169 e. The van der Waals surface area contributed by atoms with Crippen LogP contribution in [-0.2, 0) is 4.74 Å². The van der Waals surface area contributed by atoms with Gasteiger partial charge in [0.15, 0.2) is 17.4 Å². The van der Waals surface area contributed by atoms with E-state index in [1.807, 2.05) is 0 Å². The third-order valence-electron chi connectivity index (χ3n) is 2.33. The van der Waals surface area contributed by atoms with E-state index in [4.69, 9.17) is 4.74 Å². The van der Waals surface area contributed by atoms with Gasteiger partial charge in [-0.3, -0.25) is 4.79 Å². The lowest BCUT2D eigenvalue weighted by Crippen LogP contribution is -2.06. The zero-order chi connectivity index (χ0) is 12.1. The minimum atomic E-state index is -1.05. The average molecular weight is 228 g/mol. The summed E-state index contributed by atoms with van der Waals surface area (Å²) in [6, 6.07) is 2.73. The molecule has 0 heterocycles. The number of benzene rings is 1. The zero-order valence-corrected chi connectivity index (χ0v) is 9.35. The molecule has 0 atom stereocenters. The Bertz CT molecular complexity index is 389. The molecule has 0 N–H and O–H groups in total. The fraction of sp³-hybridized carbons (Fsp3) is 0.417. The van der Waals surface area contributed by atoms with Gasteiger partial charge < -0.3 is 4.74 Å². The van der Waals surface area contributed by atoms with Gasteiger partial charge in [0.2, 0.25) is 0 Å². The van der Waals surface area contributed by atoms with Crippen LogP contribution in [0.25, 0.3) is 0 Å². The van der Waals surface area contributed by atoms with Gasteiger partial charge in [-0.1, -0.05) is 6.07 Å². The molecule has 2 nitrogen and oxygen atoms in total. The zero-order valence-electron chi connectivity index (χ0n) is 9.35. The monoisotopic (exact) mass is 228 g/mol. The summed E-state index contributed by atoms with van der Waals surface area (Å²) in [4.78, 5) is 11.5. The lowest BCUT2D eigenvalue weighted by molar-refractivity contribution is 0.0958. The highest BCUT2D eigenvalue weighted by Gasteiger charge is 2.16. The number of ketones is 1. The number of halogens is 2. The summed E-state index contributed by atoms with van der Waals surface area (Å²) in [5.41, 5.74) is 0.0187. The SMILES string of the molecule is COCCCC(=O)c1ccc(C)c(F)c1F. The number of carbonyl (C=O) groups is 1. The van der Waals surface area contributed by atoms with Crippen LogP contribution in [0.2, 0.25) is 0 Å². The van der Waals surface area contributed by atoms with E-state index < -0.39 is 17.4 Å². The summed E-state index contributed by atoms with van der Waals surface area (Å²) in [6.45, 7) is 1.89. The van der Waals surface area contributed by atoms with Gasteiger partial charge >= 0.3 is 0 Å². The maximum absolute atomic E-state index is 13.4. The summed E-state index contributed by atoms with van der Waals surface area (Å²) in [5.74, 6) is -2.39. The maximum Gasteiger partial charge on any atom is 0.169 e. The molecule has 1 rings (SSSR count). The average Bonchev–Trinajstić information content (AvgIpc) is 2.26. The molecule has 4 heteroatoms. The second kappa shape index (κ2) is 5.70. The van der Waals surface area contributed by atoms with Crippen LogP contribution < -0.4 is 0 Å². The molecule has 1 aromatic carbocycles. The number of hydrogen-bond acceptors (Lipinski definition) is 2. The highest BCUT2D eigenvalue weighted by atomic mass is 19.2. The molecule has 0 saturated heterocycles. The summed E-state index contributed by atoms with van der Waals surface area (Å²) in [5, 5.41) is 0. The first-order chi connectivity index (χ1) is 7.57. The van der Waals surface area contributed by atoms with Crippen molar-refractivity contribution in [2.24, 2.45) is 0 Å². The van der Waals surface area contributed by atoms with Gasteiger partial charge in [0.05, 0.1) is 5.56 Å². The van der Waals surface area contributed by atoms with Crippen LogP contribution in [0, 0.1) is 18.6 Å². The fourth-order valence-corrected chi connectivity index (χ4v) is 1.37. The molecule has 88 valence electrons. The minimum absolute atomic E-state index is 0.160. The van der Waals surface area contributed by atoms with E-state index in [2.05, 4.69) is 0 Å². The van der Waals surface area contributed by atoms with Gasteiger partial charge in [0, 0.05) is 20.1 Å². The topological polar surface area (TPSA) is 26.3 Å². The van der Waals surface area contributed by atoms with Crippen LogP contribution in [0.15, 0.2) is 12.1 Å². The van der Waals surface area contributed by atoms with Gasteiger partial charge in [-0.05, 0) is 25.0 Å². The van der Waals surface area contributed by atoms with Crippen LogP contribution in [0.1, 0.15) is 28.8 Å². The van der Waals surface area contributed by atoms with Crippen LogP contribution in [0.3, 0.4) is 0 Å². The number of rotatable bonds is 5. The molecule has 0 radical (unpaired) electrons.